The molecule has 4 heteroatoms. The van der Waals surface area contributed by atoms with Crippen LogP contribution in [0.1, 0.15) is 26.1 Å². The van der Waals surface area contributed by atoms with Crippen LogP contribution in [0.5, 0.6) is 0 Å². The number of para-hydroxylation sites is 1. The normalized spacial score (nSPS) is 19.5. The van der Waals surface area contributed by atoms with Crippen LogP contribution in [0.25, 0.3) is 0 Å². The molecule has 1 atom stereocenters. The first kappa shape index (κ1) is 15.1. The van der Waals surface area contributed by atoms with E-state index in [4.69, 9.17) is 0 Å². The lowest BCUT2D eigenvalue weighted by molar-refractivity contribution is 0.174. The summed E-state index contributed by atoms with van der Waals surface area (Å²) in [6, 6.07) is 11.3. The molecular weight excluding hydrogens is 272 g/mol. The van der Waals surface area contributed by atoms with E-state index in [9.17, 15) is 0 Å². The fourth-order valence-electron chi connectivity index (χ4n) is 3.22. The average molecular weight is 298 g/mol. The molecule has 0 radical (unpaired) electrons. The Kier molecular flexibility index (Phi) is 4.78. The van der Waals surface area contributed by atoms with Crippen molar-refractivity contribution >= 4 is 5.69 Å². The summed E-state index contributed by atoms with van der Waals surface area (Å²) in [5, 5.41) is 0. The molecule has 118 valence electrons. The van der Waals surface area contributed by atoms with Crippen molar-refractivity contribution in [2.24, 2.45) is 0 Å². The van der Waals surface area contributed by atoms with Crippen LogP contribution >= 0.6 is 0 Å². The van der Waals surface area contributed by atoms with Crippen LogP contribution in [0.15, 0.2) is 42.7 Å². The van der Waals surface area contributed by atoms with Crippen molar-refractivity contribution < 1.29 is 0 Å². The first-order chi connectivity index (χ1) is 10.8. The van der Waals surface area contributed by atoms with Crippen molar-refractivity contribution in [2.75, 3.05) is 24.5 Å². The van der Waals surface area contributed by atoms with E-state index in [2.05, 4.69) is 69.7 Å². The molecule has 0 N–H and O–H groups in total. The molecule has 0 aliphatic carbocycles. The molecule has 1 aromatic heterocycles. The Morgan fingerprint density at radius 3 is 2.73 bits per heavy atom. The van der Waals surface area contributed by atoms with Crippen molar-refractivity contribution in [1.82, 2.24) is 14.5 Å². The third-order valence-corrected chi connectivity index (χ3v) is 4.50. The molecule has 2 heterocycles. The molecular formula is C18H26N4. The number of aromatic nitrogens is 2. The van der Waals surface area contributed by atoms with Gasteiger partial charge in [-0.15, -0.1) is 0 Å². The Bertz CT molecular complexity index is 578. The number of benzene rings is 1. The van der Waals surface area contributed by atoms with E-state index in [0.717, 1.165) is 39.1 Å². The standard InChI is InChI=1S/C18H26N4/c1-3-10-20-11-9-19-18(20)15-21-12-13-22(14-16(21)2)17-7-5-4-6-8-17/h4-9,11,16H,3,10,12-15H2,1-2H3/t16-/m0/s1. The van der Waals surface area contributed by atoms with Crippen molar-refractivity contribution in [1.29, 1.82) is 0 Å². The van der Waals surface area contributed by atoms with E-state index in [1.807, 2.05) is 6.20 Å². The predicted octanol–water partition coefficient (Wildman–Crippen LogP) is 3.00. The monoisotopic (exact) mass is 298 g/mol. The Morgan fingerprint density at radius 1 is 1.18 bits per heavy atom. The van der Waals surface area contributed by atoms with Gasteiger partial charge in [-0.3, -0.25) is 4.90 Å². The van der Waals surface area contributed by atoms with Crippen molar-refractivity contribution in [3.63, 3.8) is 0 Å². The summed E-state index contributed by atoms with van der Waals surface area (Å²) in [6.07, 6.45) is 5.18. The van der Waals surface area contributed by atoms with Gasteiger partial charge < -0.3 is 9.47 Å². The highest BCUT2D eigenvalue weighted by Crippen LogP contribution is 2.20. The first-order valence-electron chi connectivity index (χ1n) is 8.32. The Labute approximate surface area is 133 Å². The maximum Gasteiger partial charge on any atom is 0.122 e. The topological polar surface area (TPSA) is 24.3 Å². The van der Waals surface area contributed by atoms with Crippen LogP contribution in [0.2, 0.25) is 0 Å². The lowest BCUT2D eigenvalue weighted by atomic mass is 10.1. The molecule has 0 spiro atoms. The Hall–Kier alpha value is -1.81. The van der Waals surface area contributed by atoms with Gasteiger partial charge in [-0.25, -0.2) is 4.98 Å². The molecule has 2 aromatic rings. The van der Waals surface area contributed by atoms with Gasteiger partial charge in [-0.05, 0) is 25.5 Å². The zero-order chi connectivity index (χ0) is 15.4. The summed E-state index contributed by atoms with van der Waals surface area (Å²) in [5.74, 6) is 1.20. The third-order valence-electron chi connectivity index (χ3n) is 4.50. The van der Waals surface area contributed by atoms with Gasteiger partial charge in [0.2, 0.25) is 0 Å². The molecule has 0 amide bonds. The van der Waals surface area contributed by atoms with Crippen LogP contribution in [-0.2, 0) is 13.1 Å². The van der Waals surface area contributed by atoms with Crippen molar-refractivity contribution in [2.45, 2.75) is 39.4 Å². The third kappa shape index (κ3) is 3.33. The molecule has 4 nitrogen and oxygen atoms in total. The lowest BCUT2D eigenvalue weighted by Crippen LogP contribution is -2.51. The van der Waals surface area contributed by atoms with Crippen LogP contribution in [0.4, 0.5) is 5.69 Å². The van der Waals surface area contributed by atoms with Gasteiger partial charge in [-0.1, -0.05) is 25.1 Å². The number of hydrogen-bond acceptors (Lipinski definition) is 3. The summed E-state index contributed by atoms with van der Waals surface area (Å²) < 4.78 is 2.29. The number of anilines is 1. The largest absolute Gasteiger partial charge is 0.369 e. The molecule has 0 saturated carbocycles. The van der Waals surface area contributed by atoms with E-state index in [1.165, 1.54) is 11.5 Å². The number of imidazole rings is 1. The molecule has 0 bridgehead atoms. The van der Waals surface area contributed by atoms with E-state index in [0.29, 0.717) is 6.04 Å². The lowest BCUT2D eigenvalue weighted by Gasteiger charge is -2.40. The Balaban J connectivity index is 1.62. The predicted molar refractivity (Wildman–Crippen MR) is 91.0 cm³/mol. The van der Waals surface area contributed by atoms with E-state index < -0.39 is 0 Å². The van der Waals surface area contributed by atoms with E-state index >= 15 is 0 Å². The molecule has 0 unspecified atom stereocenters. The fraction of sp³-hybridized carbons (Fsp3) is 0.500. The second-order valence-corrected chi connectivity index (χ2v) is 6.14. The maximum atomic E-state index is 4.55. The van der Waals surface area contributed by atoms with Gasteiger partial charge in [0.15, 0.2) is 0 Å². The molecule has 1 aromatic carbocycles. The summed E-state index contributed by atoms with van der Waals surface area (Å²) in [7, 11) is 0. The molecule has 1 fully saturated rings. The number of nitrogens with zero attached hydrogens (tertiary/aromatic N) is 4. The second kappa shape index (κ2) is 6.97. The van der Waals surface area contributed by atoms with Gasteiger partial charge in [0.1, 0.15) is 5.82 Å². The summed E-state index contributed by atoms with van der Waals surface area (Å²) in [6.45, 7) is 9.81. The second-order valence-electron chi connectivity index (χ2n) is 6.14. The minimum absolute atomic E-state index is 0.542. The van der Waals surface area contributed by atoms with Crippen molar-refractivity contribution in [3.8, 4) is 0 Å². The summed E-state index contributed by atoms with van der Waals surface area (Å²) in [5.41, 5.74) is 1.33. The van der Waals surface area contributed by atoms with Gasteiger partial charge in [0.25, 0.3) is 0 Å². The number of hydrogen-bond donors (Lipinski definition) is 0. The zero-order valence-corrected chi connectivity index (χ0v) is 13.7. The summed E-state index contributed by atoms with van der Waals surface area (Å²) in [4.78, 5) is 9.58. The first-order valence-corrected chi connectivity index (χ1v) is 8.32. The van der Waals surface area contributed by atoms with Crippen LogP contribution in [0, 0.1) is 0 Å². The van der Waals surface area contributed by atoms with Gasteiger partial charge in [0.05, 0.1) is 6.54 Å². The molecule has 3 rings (SSSR count). The van der Waals surface area contributed by atoms with E-state index in [-0.39, 0.29) is 0 Å². The number of rotatable bonds is 5. The fourth-order valence-corrected chi connectivity index (χ4v) is 3.22. The SMILES string of the molecule is CCCn1ccnc1CN1CCN(c2ccccc2)C[C@@H]1C. The van der Waals surface area contributed by atoms with Crippen molar-refractivity contribution in [3.05, 3.63) is 48.5 Å². The highest BCUT2D eigenvalue weighted by molar-refractivity contribution is 5.46. The average Bonchev–Trinajstić information content (AvgIpc) is 2.98. The smallest absolute Gasteiger partial charge is 0.122 e. The highest BCUT2D eigenvalue weighted by atomic mass is 15.3. The van der Waals surface area contributed by atoms with Gasteiger partial charge >= 0.3 is 0 Å². The molecule has 22 heavy (non-hydrogen) atoms. The zero-order valence-electron chi connectivity index (χ0n) is 13.7. The minimum Gasteiger partial charge on any atom is -0.369 e. The molecule has 1 saturated heterocycles. The molecule has 1 aliphatic rings. The Morgan fingerprint density at radius 2 is 2.00 bits per heavy atom. The van der Waals surface area contributed by atoms with Crippen LogP contribution < -0.4 is 4.90 Å². The number of piperazine rings is 1. The minimum atomic E-state index is 0.542. The summed E-state index contributed by atoms with van der Waals surface area (Å²) >= 11 is 0. The molecule has 1 aliphatic heterocycles. The van der Waals surface area contributed by atoms with E-state index in [1.54, 1.807) is 0 Å². The van der Waals surface area contributed by atoms with Crippen LogP contribution in [-0.4, -0.2) is 40.1 Å². The van der Waals surface area contributed by atoms with Crippen LogP contribution in [0.3, 0.4) is 0 Å². The van der Waals surface area contributed by atoms with Gasteiger partial charge in [-0.2, -0.15) is 0 Å². The number of aryl methyl sites for hydroxylation is 1. The quantitative estimate of drug-likeness (QED) is 0.848. The maximum absolute atomic E-state index is 4.55. The highest BCUT2D eigenvalue weighted by Gasteiger charge is 2.24. The van der Waals surface area contributed by atoms with Gasteiger partial charge in [0, 0.05) is 50.3 Å².